The largest absolute Gasteiger partial charge is 0.486 e. The van der Waals surface area contributed by atoms with Crippen molar-refractivity contribution in [2.24, 2.45) is 11.8 Å². The first kappa shape index (κ1) is 17.7. The van der Waals surface area contributed by atoms with Gasteiger partial charge < -0.3 is 19.7 Å². The summed E-state index contributed by atoms with van der Waals surface area (Å²) in [5.41, 5.74) is 1.18. The first-order valence-electron chi connectivity index (χ1n) is 10.1. The van der Waals surface area contributed by atoms with E-state index in [2.05, 4.69) is 29.3 Å². The van der Waals surface area contributed by atoms with Crippen molar-refractivity contribution < 1.29 is 14.3 Å². The molecule has 1 aromatic carbocycles. The fourth-order valence-electron chi connectivity index (χ4n) is 4.65. The second-order valence-corrected chi connectivity index (χ2v) is 7.92. The Labute approximate surface area is 156 Å². The van der Waals surface area contributed by atoms with E-state index in [1.165, 1.54) is 18.4 Å². The van der Waals surface area contributed by atoms with Gasteiger partial charge in [0.1, 0.15) is 13.2 Å². The van der Waals surface area contributed by atoms with Crippen molar-refractivity contribution in [2.45, 2.75) is 45.1 Å². The third-order valence-electron chi connectivity index (χ3n) is 6.21. The highest BCUT2D eigenvalue weighted by Crippen LogP contribution is 2.39. The second kappa shape index (κ2) is 7.87. The molecule has 2 fully saturated rings. The molecular formula is C21H30N2O3. The minimum absolute atomic E-state index is 0.179. The van der Waals surface area contributed by atoms with Crippen LogP contribution < -0.4 is 14.8 Å². The first-order valence-corrected chi connectivity index (χ1v) is 10.1. The van der Waals surface area contributed by atoms with E-state index in [0.29, 0.717) is 37.4 Å². The Morgan fingerprint density at radius 1 is 1.19 bits per heavy atom. The number of likely N-dealkylation sites (tertiary alicyclic amines) is 1. The molecule has 4 rings (SSSR count). The molecule has 2 saturated heterocycles. The number of rotatable bonds is 4. The quantitative estimate of drug-likeness (QED) is 0.898. The molecule has 5 heteroatoms. The van der Waals surface area contributed by atoms with Gasteiger partial charge in [0.15, 0.2) is 11.5 Å². The van der Waals surface area contributed by atoms with E-state index in [-0.39, 0.29) is 6.04 Å². The van der Waals surface area contributed by atoms with Gasteiger partial charge in [0.2, 0.25) is 5.91 Å². The van der Waals surface area contributed by atoms with Crippen LogP contribution in [0.2, 0.25) is 0 Å². The van der Waals surface area contributed by atoms with Crippen LogP contribution in [0.3, 0.4) is 0 Å². The molecule has 142 valence electrons. The van der Waals surface area contributed by atoms with Crippen molar-refractivity contribution in [3.8, 4) is 11.5 Å². The summed E-state index contributed by atoms with van der Waals surface area (Å²) >= 11 is 0. The molecule has 1 aromatic rings. The maximum absolute atomic E-state index is 13.0. The van der Waals surface area contributed by atoms with E-state index in [1.807, 2.05) is 6.07 Å². The number of carbonyl (C=O) groups excluding carboxylic acids is 1. The number of amides is 1. The lowest BCUT2D eigenvalue weighted by Crippen LogP contribution is -2.35. The number of carbonyl (C=O) groups is 1. The molecule has 3 aliphatic heterocycles. The molecule has 0 radical (unpaired) electrons. The van der Waals surface area contributed by atoms with Gasteiger partial charge in [-0.3, -0.25) is 4.79 Å². The molecule has 3 aliphatic rings. The van der Waals surface area contributed by atoms with Crippen molar-refractivity contribution in [3.63, 3.8) is 0 Å². The van der Waals surface area contributed by atoms with Crippen molar-refractivity contribution in [3.05, 3.63) is 23.8 Å². The standard InChI is InChI=1S/C21H30N2O3/c1-15(16-6-8-22-9-7-16)13-21(24)23-10-2-3-18(23)17-4-5-19-20(14-17)26-12-11-25-19/h4-5,14-16,18,22H,2-3,6-13H2,1H3. The molecule has 2 atom stereocenters. The van der Waals surface area contributed by atoms with Gasteiger partial charge in [-0.05, 0) is 68.3 Å². The Balaban J connectivity index is 1.43. The fraction of sp³-hybridized carbons (Fsp3) is 0.667. The van der Waals surface area contributed by atoms with Gasteiger partial charge in [0.05, 0.1) is 6.04 Å². The monoisotopic (exact) mass is 358 g/mol. The Kier molecular flexibility index (Phi) is 5.34. The lowest BCUT2D eigenvalue weighted by molar-refractivity contribution is -0.133. The number of nitrogens with zero attached hydrogens (tertiary/aromatic N) is 1. The molecule has 0 aliphatic carbocycles. The van der Waals surface area contributed by atoms with Crippen LogP contribution in [0.15, 0.2) is 18.2 Å². The summed E-state index contributed by atoms with van der Waals surface area (Å²) in [6.07, 6.45) is 5.17. The van der Waals surface area contributed by atoms with Gasteiger partial charge in [-0.1, -0.05) is 13.0 Å². The molecular weight excluding hydrogens is 328 g/mol. The van der Waals surface area contributed by atoms with Gasteiger partial charge >= 0.3 is 0 Å². The topological polar surface area (TPSA) is 50.8 Å². The zero-order chi connectivity index (χ0) is 17.9. The predicted octanol–water partition coefficient (Wildman–Crippen LogP) is 3.15. The highest BCUT2D eigenvalue weighted by molar-refractivity contribution is 5.77. The van der Waals surface area contributed by atoms with Crippen LogP contribution in [0.4, 0.5) is 0 Å². The third-order valence-corrected chi connectivity index (χ3v) is 6.21. The smallest absolute Gasteiger partial charge is 0.223 e. The number of ether oxygens (including phenoxy) is 2. The molecule has 1 amide bonds. The van der Waals surface area contributed by atoms with Crippen molar-refractivity contribution in [1.29, 1.82) is 0 Å². The molecule has 26 heavy (non-hydrogen) atoms. The Hall–Kier alpha value is -1.75. The Morgan fingerprint density at radius 3 is 2.77 bits per heavy atom. The van der Waals surface area contributed by atoms with E-state index in [1.54, 1.807) is 0 Å². The van der Waals surface area contributed by atoms with Gasteiger partial charge in [0.25, 0.3) is 0 Å². The van der Waals surface area contributed by atoms with Crippen LogP contribution in [0.5, 0.6) is 11.5 Å². The number of fused-ring (bicyclic) bond motifs is 1. The number of piperidine rings is 1. The van der Waals surface area contributed by atoms with E-state index >= 15 is 0 Å². The van der Waals surface area contributed by atoms with Crippen LogP contribution in [-0.4, -0.2) is 43.7 Å². The lowest BCUT2D eigenvalue weighted by Gasteiger charge is -2.31. The fourth-order valence-corrected chi connectivity index (χ4v) is 4.65. The van der Waals surface area contributed by atoms with Crippen LogP contribution in [0.1, 0.15) is 50.6 Å². The van der Waals surface area contributed by atoms with E-state index in [0.717, 1.165) is 44.0 Å². The molecule has 2 unspecified atom stereocenters. The zero-order valence-electron chi connectivity index (χ0n) is 15.7. The zero-order valence-corrected chi connectivity index (χ0v) is 15.7. The lowest BCUT2D eigenvalue weighted by atomic mass is 9.84. The first-order chi connectivity index (χ1) is 12.7. The number of hydrogen-bond acceptors (Lipinski definition) is 4. The van der Waals surface area contributed by atoms with Crippen molar-refractivity contribution >= 4 is 5.91 Å². The molecule has 0 bridgehead atoms. The summed E-state index contributed by atoms with van der Waals surface area (Å²) in [4.78, 5) is 15.1. The summed E-state index contributed by atoms with van der Waals surface area (Å²) in [6.45, 7) is 6.51. The predicted molar refractivity (Wildman–Crippen MR) is 100 cm³/mol. The van der Waals surface area contributed by atoms with E-state index in [4.69, 9.17) is 9.47 Å². The molecule has 5 nitrogen and oxygen atoms in total. The van der Waals surface area contributed by atoms with Crippen LogP contribution >= 0.6 is 0 Å². The van der Waals surface area contributed by atoms with Crippen molar-refractivity contribution in [1.82, 2.24) is 10.2 Å². The maximum Gasteiger partial charge on any atom is 0.223 e. The highest BCUT2D eigenvalue weighted by Gasteiger charge is 2.32. The average molecular weight is 358 g/mol. The van der Waals surface area contributed by atoms with Gasteiger partial charge in [-0.2, -0.15) is 0 Å². The second-order valence-electron chi connectivity index (χ2n) is 7.92. The average Bonchev–Trinajstić information content (AvgIpc) is 3.18. The summed E-state index contributed by atoms with van der Waals surface area (Å²) in [6, 6.07) is 6.34. The molecule has 0 spiro atoms. The minimum Gasteiger partial charge on any atom is -0.486 e. The normalized spacial score (nSPS) is 24.5. The SMILES string of the molecule is CC(CC(=O)N1CCCC1c1ccc2c(c1)OCCO2)C1CCNCC1. The minimum atomic E-state index is 0.179. The van der Waals surface area contributed by atoms with Crippen LogP contribution in [0, 0.1) is 11.8 Å². The van der Waals surface area contributed by atoms with E-state index < -0.39 is 0 Å². The number of benzene rings is 1. The third kappa shape index (κ3) is 3.68. The summed E-state index contributed by atoms with van der Waals surface area (Å²) in [7, 11) is 0. The molecule has 0 aromatic heterocycles. The summed E-state index contributed by atoms with van der Waals surface area (Å²) < 4.78 is 11.4. The molecule has 1 N–H and O–H groups in total. The van der Waals surface area contributed by atoms with Crippen LogP contribution in [-0.2, 0) is 4.79 Å². The van der Waals surface area contributed by atoms with Gasteiger partial charge in [-0.15, -0.1) is 0 Å². The number of nitrogens with one attached hydrogen (secondary N) is 1. The van der Waals surface area contributed by atoms with Crippen LogP contribution in [0.25, 0.3) is 0 Å². The van der Waals surface area contributed by atoms with Crippen molar-refractivity contribution in [2.75, 3.05) is 32.8 Å². The Morgan fingerprint density at radius 2 is 1.96 bits per heavy atom. The maximum atomic E-state index is 13.0. The Bertz CT molecular complexity index is 642. The summed E-state index contributed by atoms with van der Waals surface area (Å²) in [5, 5.41) is 3.41. The van der Waals surface area contributed by atoms with Gasteiger partial charge in [-0.25, -0.2) is 0 Å². The number of hydrogen-bond donors (Lipinski definition) is 1. The molecule has 0 saturated carbocycles. The molecule has 3 heterocycles. The summed E-state index contributed by atoms with van der Waals surface area (Å²) in [5.74, 6) is 3.08. The highest BCUT2D eigenvalue weighted by atomic mass is 16.6. The van der Waals surface area contributed by atoms with E-state index in [9.17, 15) is 4.79 Å². The van der Waals surface area contributed by atoms with Gasteiger partial charge in [0, 0.05) is 13.0 Å².